The maximum absolute atomic E-state index is 13.7. The molecule has 1 aromatic carbocycles. The predicted octanol–water partition coefficient (Wildman–Crippen LogP) is 3.41. The maximum atomic E-state index is 13.7. The zero-order chi connectivity index (χ0) is 14.2. The van der Waals surface area contributed by atoms with E-state index >= 15 is 0 Å². The van der Waals surface area contributed by atoms with Gasteiger partial charge in [0.2, 0.25) is 0 Å². The minimum absolute atomic E-state index is 0.0309. The number of hydrogen-bond donors (Lipinski definition) is 0. The number of benzene rings is 1. The monoisotopic (exact) mass is 267 g/mol. The molecule has 1 saturated heterocycles. The van der Waals surface area contributed by atoms with Gasteiger partial charge in [0.05, 0.1) is 11.6 Å². The molecule has 1 fully saturated rings. The fourth-order valence-corrected chi connectivity index (χ4v) is 2.90. The topological polar surface area (TPSA) is 20.3 Å². The highest BCUT2D eigenvalue weighted by Gasteiger charge is 2.38. The van der Waals surface area contributed by atoms with Gasteiger partial charge in [0, 0.05) is 11.6 Å². The van der Waals surface area contributed by atoms with Gasteiger partial charge in [0.1, 0.15) is 11.6 Å². The third kappa shape index (κ3) is 2.68. The van der Waals surface area contributed by atoms with Crippen molar-refractivity contribution >= 4 is 5.78 Å². The Morgan fingerprint density at radius 3 is 2.58 bits per heavy atom. The number of carbonyl (C=O) groups excluding carboxylic acids is 1. The van der Waals surface area contributed by atoms with E-state index in [1.807, 2.05) is 0 Å². The second kappa shape index (κ2) is 5.00. The summed E-state index contributed by atoms with van der Waals surface area (Å²) in [5.41, 5.74) is -0.0809. The molecule has 2 nitrogen and oxygen atoms in total. The van der Waals surface area contributed by atoms with E-state index in [0.717, 1.165) is 31.5 Å². The van der Waals surface area contributed by atoms with Crippen molar-refractivity contribution < 1.29 is 13.6 Å². The lowest BCUT2D eigenvalue weighted by atomic mass is 9.97. The van der Waals surface area contributed by atoms with Crippen LogP contribution in [0.2, 0.25) is 0 Å². The number of hydrogen-bond acceptors (Lipinski definition) is 2. The quantitative estimate of drug-likeness (QED) is 0.782. The van der Waals surface area contributed by atoms with Crippen LogP contribution in [0.1, 0.15) is 44.0 Å². The number of carbonyl (C=O) groups is 1. The lowest BCUT2D eigenvalue weighted by Crippen LogP contribution is -2.47. The van der Waals surface area contributed by atoms with Crippen LogP contribution in [0.15, 0.2) is 18.2 Å². The molecule has 0 aromatic heterocycles. The van der Waals surface area contributed by atoms with Crippen molar-refractivity contribution in [3.05, 3.63) is 35.4 Å². The van der Waals surface area contributed by atoms with Crippen molar-refractivity contribution in [3.63, 3.8) is 0 Å². The summed E-state index contributed by atoms with van der Waals surface area (Å²) in [7, 11) is 0. The molecule has 0 aliphatic carbocycles. The third-order valence-corrected chi connectivity index (χ3v) is 4.01. The molecule has 0 radical (unpaired) electrons. The van der Waals surface area contributed by atoms with Crippen LogP contribution in [0, 0.1) is 11.6 Å². The minimum atomic E-state index is -0.783. The fraction of sp³-hybridized carbons (Fsp3) is 0.533. The second-order valence-electron chi connectivity index (χ2n) is 5.77. The molecule has 1 heterocycles. The Morgan fingerprint density at radius 1 is 1.37 bits per heavy atom. The van der Waals surface area contributed by atoms with Gasteiger partial charge in [-0.3, -0.25) is 9.69 Å². The predicted molar refractivity (Wildman–Crippen MR) is 70.2 cm³/mol. The average molecular weight is 267 g/mol. The first-order chi connectivity index (χ1) is 8.83. The summed E-state index contributed by atoms with van der Waals surface area (Å²) in [5.74, 6) is -1.73. The molecular weight excluding hydrogens is 248 g/mol. The molecule has 19 heavy (non-hydrogen) atoms. The zero-order valence-corrected chi connectivity index (χ0v) is 11.5. The van der Waals surface area contributed by atoms with Crippen LogP contribution in [0.3, 0.4) is 0 Å². The number of nitrogens with zero attached hydrogens (tertiary/aromatic N) is 1. The Morgan fingerprint density at radius 2 is 2.05 bits per heavy atom. The number of Topliss-reactive ketones (excluding diaryl/α,β-unsaturated/α-hetero) is 1. The van der Waals surface area contributed by atoms with E-state index in [1.54, 1.807) is 6.92 Å². The van der Waals surface area contributed by atoms with Gasteiger partial charge >= 0.3 is 0 Å². The molecule has 0 saturated carbocycles. The summed E-state index contributed by atoms with van der Waals surface area (Å²) >= 11 is 0. The Hall–Kier alpha value is -1.29. The van der Waals surface area contributed by atoms with Crippen molar-refractivity contribution in [1.82, 2.24) is 4.90 Å². The number of halogens is 2. The summed E-state index contributed by atoms with van der Waals surface area (Å²) in [6, 6.07) is 2.72. The summed E-state index contributed by atoms with van der Waals surface area (Å²) in [6.07, 6.45) is 2.06. The van der Waals surface area contributed by atoms with Crippen LogP contribution in [-0.4, -0.2) is 28.8 Å². The summed E-state index contributed by atoms with van der Waals surface area (Å²) in [5, 5.41) is 0. The molecule has 1 unspecified atom stereocenters. The van der Waals surface area contributed by atoms with Crippen LogP contribution in [0.4, 0.5) is 8.78 Å². The van der Waals surface area contributed by atoms with Crippen LogP contribution >= 0.6 is 0 Å². The third-order valence-electron chi connectivity index (χ3n) is 4.01. The van der Waals surface area contributed by atoms with E-state index < -0.39 is 17.7 Å². The molecular formula is C15H19F2NO. The average Bonchev–Trinajstić information content (AvgIpc) is 2.67. The number of rotatable bonds is 3. The summed E-state index contributed by atoms with van der Waals surface area (Å²) < 4.78 is 26.5. The van der Waals surface area contributed by atoms with Gasteiger partial charge in [-0.25, -0.2) is 8.78 Å². The van der Waals surface area contributed by atoms with E-state index in [4.69, 9.17) is 0 Å². The normalized spacial score (nSPS) is 20.5. The van der Waals surface area contributed by atoms with Crippen LogP contribution in [0.5, 0.6) is 0 Å². The molecule has 104 valence electrons. The molecule has 1 aromatic rings. The van der Waals surface area contributed by atoms with Gasteiger partial charge < -0.3 is 0 Å². The first kappa shape index (κ1) is 14.1. The summed E-state index contributed by atoms with van der Waals surface area (Å²) in [4.78, 5) is 14.4. The van der Waals surface area contributed by atoms with Gasteiger partial charge in [-0.15, -0.1) is 0 Å². The Kier molecular flexibility index (Phi) is 3.72. The molecule has 1 aliphatic heterocycles. The van der Waals surface area contributed by atoms with E-state index in [9.17, 15) is 13.6 Å². The Bertz CT molecular complexity index is 499. The molecule has 4 heteroatoms. The van der Waals surface area contributed by atoms with Crippen molar-refractivity contribution in [2.24, 2.45) is 0 Å². The number of ketones is 1. The Labute approximate surface area is 112 Å². The molecule has 0 bridgehead atoms. The largest absolute Gasteiger partial charge is 0.292 e. The second-order valence-corrected chi connectivity index (χ2v) is 5.77. The highest BCUT2D eigenvalue weighted by atomic mass is 19.1. The minimum Gasteiger partial charge on any atom is -0.292 e. The standard InChI is InChI=1S/C15H19F2NO/c1-10(18-8-4-7-15(18,2)3)14(19)12-6-5-11(16)9-13(12)17/h5-6,9-10H,4,7-8H2,1-3H3. The Balaban J connectivity index is 2.24. The van der Waals surface area contributed by atoms with E-state index in [0.29, 0.717) is 0 Å². The van der Waals surface area contributed by atoms with Gasteiger partial charge in [0.15, 0.2) is 5.78 Å². The van der Waals surface area contributed by atoms with E-state index in [-0.39, 0.29) is 16.9 Å². The lowest BCUT2D eigenvalue weighted by molar-refractivity contribution is 0.0717. The highest BCUT2D eigenvalue weighted by Crippen LogP contribution is 2.31. The fourth-order valence-electron chi connectivity index (χ4n) is 2.90. The van der Waals surface area contributed by atoms with Crippen molar-refractivity contribution in [2.45, 2.75) is 45.2 Å². The van der Waals surface area contributed by atoms with Crippen molar-refractivity contribution in [3.8, 4) is 0 Å². The molecule has 0 amide bonds. The molecule has 1 atom stereocenters. The van der Waals surface area contributed by atoms with E-state index in [1.165, 1.54) is 6.07 Å². The smallest absolute Gasteiger partial charge is 0.182 e. The van der Waals surface area contributed by atoms with Gasteiger partial charge in [0.25, 0.3) is 0 Å². The molecule has 0 spiro atoms. The molecule has 1 aliphatic rings. The first-order valence-electron chi connectivity index (χ1n) is 6.59. The van der Waals surface area contributed by atoms with E-state index in [2.05, 4.69) is 18.7 Å². The molecule has 0 N–H and O–H groups in total. The SMILES string of the molecule is CC(C(=O)c1ccc(F)cc1F)N1CCCC1(C)C. The lowest BCUT2D eigenvalue weighted by Gasteiger charge is -2.35. The van der Waals surface area contributed by atoms with Gasteiger partial charge in [-0.2, -0.15) is 0 Å². The van der Waals surface area contributed by atoms with Crippen molar-refractivity contribution in [2.75, 3.05) is 6.54 Å². The molecule has 2 rings (SSSR count). The zero-order valence-electron chi connectivity index (χ0n) is 11.5. The van der Waals surface area contributed by atoms with Crippen LogP contribution < -0.4 is 0 Å². The van der Waals surface area contributed by atoms with Gasteiger partial charge in [-0.05, 0) is 52.3 Å². The summed E-state index contributed by atoms with van der Waals surface area (Å²) in [6.45, 7) is 6.80. The highest BCUT2D eigenvalue weighted by molar-refractivity contribution is 6.00. The maximum Gasteiger partial charge on any atom is 0.182 e. The first-order valence-corrected chi connectivity index (χ1v) is 6.59. The van der Waals surface area contributed by atoms with Gasteiger partial charge in [-0.1, -0.05) is 0 Å². The van der Waals surface area contributed by atoms with Crippen LogP contribution in [0.25, 0.3) is 0 Å². The van der Waals surface area contributed by atoms with Crippen molar-refractivity contribution in [1.29, 1.82) is 0 Å². The number of likely N-dealkylation sites (tertiary alicyclic amines) is 1. The van der Waals surface area contributed by atoms with Crippen LogP contribution in [-0.2, 0) is 0 Å².